The Bertz CT molecular complexity index is 554. The minimum Gasteiger partial charge on any atom is -0.355 e. The van der Waals surface area contributed by atoms with Gasteiger partial charge in [-0.2, -0.15) is 12.6 Å². The fourth-order valence-corrected chi connectivity index (χ4v) is 2.39. The SMILES string of the molecule is O=C(NCCS)C1CC(=O)N(Cc2ccc(F)cc2F)C1. The Morgan fingerprint density at radius 3 is 2.86 bits per heavy atom. The minimum absolute atomic E-state index is 0.0430. The molecule has 1 unspecified atom stereocenters. The molecule has 2 amide bonds. The van der Waals surface area contributed by atoms with Gasteiger partial charge in [0.15, 0.2) is 0 Å². The maximum absolute atomic E-state index is 13.6. The number of rotatable bonds is 5. The molecule has 1 atom stereocenters. The molecule has 21 heavy (non-hydrogen) atoms. The van der Waals surface area contributed by atoms with E-state index in [9.17, 15) is 18.4 Å². The first-order chi connectivity index (χ1) is 10.0. The molecule has 1 heterocycles. The molecule has 0 saturated carbocycles. The number of carbonyl (C=O) groups is 2. The molecule has 2 rings (SSSR count). The third kappa shape index (κ3) is 3.93. The van der Waals surface area contributed by atoms with Crippen LogP contribution < -0.4 is 5.32 Å². The third-order valence-electron chi connectivity index (χ3n) is 3.37. The Morgan fingerprint density at radius 2 is 2.19 bits per heavy atom. The zero-order valence-corrected chi connectivity index (χ0v) is 12.2. The lowest BCUT2D eigenvalue weighted by atomic mass is 10.1. The van der Waals surface area contributed by atoms with Gasteiger partial charge in [-0.05, 0) is 6.07 Å². The number of halogens is 2. The van der Waals surface area contributed by atoms with E-state index in [-0.39, 0.29) is 36.9 Å². The maximum atomic E-state index is 13.6. The van der Waals surface area contributed by atoms with Crippen LogP contribution in [0.2, 0.25) is 0 Å². The molecule has 0 aliphatic carbocycles. The smallest absolute Gasteiger partial charge is 0.225 e. The number of benzene rings is 1. The number of amides is 2. The largest absolute Gasteiger partial charge is 0.355 e. The molecule has 1 aliphatic rings. The molecular formula is C14H16F2N2O2S. The lowest BCUT2D eigenvalue weighted by Gasteiger charge is -2.17. The van der Waals surface area contributed by atoms with Crippen molar-refractivity contribution in [1.82, 2.24) is 10.2 Å². The molecule has 1 aliphatic heterocycles. The van der Waals surface area contributed by atoms with Gasteiger partial charge >= 0.3 is 0 Å². The fraction of sp³-hybridized carbons (Fsp3) is 0.429. The van der Waals surface area contributed by atoms with E-state index in [1.54, 1.807) is 0 Å². The minimum atomic E-state index is -0.689. The topological polar surface area (TPSA) is 49.4 Å². The van der Waals surface area contributed by atoms with Crippen molar-refractivity contribution in [3.8, 4) is 0 Å². The molecule has 4 nitrogen and oxygen atoms in total. The zero-order chi connectivity index (χ0) is 15.4. The molecule has 1 saturated heterocycles. The van der Waals surface area contributed by atoms with E-state index in [2.05, 4.69) is 17.9 Å². The number of thiol groups is 1. The van der Waals surface area contributed by atoms with Crippen LogP contribution in [-0.2, 0) is 16.1 Å². The standard InChI is InChI=1S/C14H16F2N2O2S/c15-11-2-1-9(12(16)6-11)7-18-8-10(5-13(18)19)14(20)17-3-4-21/h1-2,6,10,21H,3-5,7-8H2,(H,17,20). The van der Waals surface area contributed by atoms with E-state index in [4.69, 9.17) is 0 Å². The molecule has 0 bridgehead atoms. The number of hydrogen-bond donors (Lipinski definition) is 2. The van der Waals surface area contributed by atoms with Gasteiger partial charge < -0.3 is 10.2 Å². The summed E-state index contributed by atoms with van der Waals surface area (Å²) in [5.74, 6) is -1.65. The number of likely N-dealkylation sites (tertiary alicyclic amines) is 1. The van der Waals surface area contributed by atoms with E-state index in [0.717, 1.165) is 12.1 Å². The van der Waals surface area contributed by atoms with Gasteiger partial charge in [-0.15, -0.1) is 0 Å². The molecule has 0 radical (unpaired) electrons. The predicted octanol–water partition coefficient (Wildman–Crippen LogP) is 1.36. The average molecular weight is 314 g/mol. The fourth-order valence-electron chi connectivity index (χ4n) is 2.28. The van der Waals surface area contributed by atoms with E-state index < -0.39 is 17.6 Å². The summed E-state index contributed by atoms with van der Waals surface area (Å²) in [6, 6.07) is 3.24. The predicted molar refractivity (Wildman–Crippen MR) is 76.7 cm³/mol. The van der Waals surface area contributed by atoms with Crippen molar-refractivity contribution in [3.63, 3.8) is 0 Å². The Balaban J connectivity index is 1.98. The van der Waals surface area contributed by atoms with Crippen LogP contribution in [0, 0.1) is 17.6 Å². The lowest BCUT2D eigenvalue weighted by Crippen LogP contribution is -2.34. The first kappa shape index (κ1) is 15.8. The van der Waals surface area contributed by atoms with Crippen molar-refractivity contribution in [2.24, 2.45) is 5.92 Å². The summed E-state index contributed by atoms with van der Waals surface area (Å²) in [4.78, 5) is 25.1. The Labute approximate surface area is 126 Å². The monoisotopic (exact) mass is 314 g/mol. The summed E-state index contributed by atoms with van der Waals surface area (Å²) in [6.45, 7) is 0.731. The van der Waals surface area contributed by atoms with Gasteiger partial charge in [0.05, 0.1) is 5.92 Å². The average Bonchev–Trinajstić information content (AvgIpc) is 2.80. The van der Waals surface area contributed by atoms with Crippen LogP contribution in [-0.4, -0.2) is 35.6 Å². The maximum Gasteiger partial charge on any atom is 0.225 e. The second kappa shape index (κ2) is 6.89. The van der Waals surface area contributed by atoms with Gasteiger partial charge in [-0.3, -0.25) is 9.59 Å². The van der Waals surface area contributed by atoms with Crippen molar-refractivity contribution < 1.29 is 18.4 Å². The third-order valence-corrected chi connectivity index (χ3v) is 3.60. The highest BCUT2D eigenvalue weighted by molar-refractivity contribution is 7.80. The number of nitrogens with zero attached hydrogens (tertiary/aromatic N) is 1. The lowest BCUT2D eigenvalue weighted by molar-refractivity contribution is -0.129. The van der Waals surface area contributed by atoms with Gasteiger partial charge in [-0.1, -0.05) is 6.07 Å². The molecule has 0 aromatic heterocycles. The van der Waals surface area contributed by atoms with Crippen molar-refractivity contribution in [1.29, 1.82) is 0 Å². The van der Waals surface area contributed by atoms with Gasteiger partial charge in [0.25, 0.3) is 0 Å². The van der Waals surface area contributed by atoms with Crippen LogP contribution in [0.4, 0.5) is 8.78 Å². The van der Waals surface area contributed by atoms with Crippen molar-refractivity contribution in [2.45, 2.75) is 13.0 Å². The van der Waals surface area contributed by atoms with Crippen molar-refractivity contribution >= 4 is 24.4 Å². The van der Waals surface area contributed by atoms with E-state index in [0.29, 0.717) is 12.3 Å². The summed E-state index contributed by atoms with van der Waals surface area (Å²) >= 11 is 3.99. The zero-order valence-electron chi connectivity index (χ0n) is 11.3. The quantitative estimate of drug-likeness (QED) is 0.806. The molecule has 114 valence electrons. The van der Waals surface area contributed by atoms with Crippen LogP contribution in [0.1, 0.15) is 12.0 Å². The normalized spacial score (nSPS) is 18.1. The molecular weight excluding hydrogens is 298 g/mol. The highest BCUT2D eigenvalue weighted by Crippen LogP contribution is 2.21. The van der Waals surface area contributed by atoms with Gasteiger partial charge in [0.1, 0.15) is 11.6 Å². The highest BCUT2D eigenvalue weighted by Gasteiger charge is 2.34. The second-order valence-corrected chi connectivity index (χ2v) is 5.37. The summed E-state index contributed by atoms with van der Waals surface area (Å²) in [5, 5.41) is 2.68. The van der Waals surface area contributed by atoms with E-state index in [1.807, 2.05) is 0 Å². The first-order valence-electron chi connectivity index (χ1n) is 6.61. The van der Waals surface area contributed by atoms with Crippen LogP contribution in [0.5, 0.6) is 0 Å². The molecule has 1 aromatic carbocycles. The van der Waals surface area contributed by atoms with Gasteiger partial charge in [0.2, 0.25) is 11.8 Å². The van der Waals surface area contributed by atoms with Crippen molar-refractivity contribution in [3.05, 3.63) is 35.4 Å². The Kier molecular flexibility index (Phi) is 5.17. The summed E-state index contributed by atoms with van der Waals surface area (Å²) < 4.78 is 26.4. The Morgan fingerprint density at radius 1 is 1.43 bits per heavy atom. The summed E-state index contributed by atoms with van der Waals surface area (Å²) in [7, 11) is 0. The number of carbonyl (C=O) groups excluding carboxylic acids is 2. The summed E-state index contributed by atoms with van der Waals surface area (Å²) in [6.07, 6.45) is 0.112. The molecule has 1 aromatic rings. The van der Waals surface area contributed by atoms with Crippen LogP contribution in [0.25, 0.3) is 0 Å². The molecule has 1 fully saturated rings. The summed E-state index contributed by atoms with van der Waals surface area (Å²) in [5.41, 5.74) is 0.237. The number of hydrogen-bond acceptors (Lipinski definition) is 3. The van der Waals surface area contributed by atoms with E-state index in [1.165, 1.54) is 11.0 Å². The van der Waals surface area contributed by atoms with Crippen LogP contribution in [0.15, 0.2) is 18.2 Å². The van der Waals surface area contributed by atoms with E-state index >= 15 is 0 Å². The molecule has 7 heteroatoms. The Hall–Kier alpha value is -1.63. The van der Waals surface area contributed by atoms with Gasteiger partial charge in [0, 0.05) is 43.4 Å². The van der Waals surface area contributed by atoms with Crippen molar-refractivity contribution in [2.75, 3.05) is 18.8 Å². The highest BCUT2D eigenvalue weighted by atomic mass is 32.1. The molecule has 1 N–H and O–H groups in total. The van der Waals surface area contributed by atoms with Crippen LogP contribution in [0.3, 0.4) is 0 Å². The first-order valence-corrected chi connectivity index (χ1v) is 7.24. The number of nitrogens with one attached hydrogen (secondary N) is 1. The molecule has 0 spiro atoms. The van der Waals surface area contributed by atoms with Crippen LogP contribution >= 0.6 is 12.6 Å². The second-order valence-electron chi connectivity index (χ2n) is 4.93. The van der Waals surface area contributed by atoms with Gasteiger partial charge in [-0.25, -0.2) is 8.78 Å².